The molecule has 0 amide bonds. The molecule has 0 aliphatic carbocycles. The summed E-state index contributed by atoms with van der Waals surface area (Å²) in [6.45, 7) is 6.94. The second kappa shape index (κ2) is 10.3. The molecule has 2 aromatic rings. The Kier molecular flexibility index (Phi) is 9.13. The predicted octanol–water partition coefficient (Wildman–Crippen LogP) is 5.53. The first-order valence-corrected chi connectivity index (χ1v) is 13.7. The average Bonchev–Trinajstić information content (AvgIpc) is 2.55. The Morgan fingerprint density at radius 1 is 1.09 bits per heavy atom. The van der Waals surface area contributed by atoms with E-state index in [2.05, 4.69) is 31.0 Å². The van der Waals surface area contributed by atoms with Crippen molar-refractivity contribution in [2.45, 2.75) is 26.2 Å². The molecule has 0 aliphatic rings. The number of hydrogen-bond acceptors (Lipinski definition) is 2. The normalized spacial score (nSPS) is 11.0. The number of aromatic hydroxyl groups is 1. The monoisotopic (exact) mass is 427 g/mol. The van der Waals surface area contributed by atoms with Crippen LogP contribution in [0.3, 0.4) is 0 Å². The first-order chi connectivity index (χ1) is 11.0. The van der Waals surface area contributed by atoms with Crippen molar-refractivity contribution in [1.82, 2.24) is 0 Å². The van der Waals surface area contributed by atoms with Gasteiger partial charge in [-0.25, -0.2) is 0 Å². The molecule has 0 radical (unpaired) electrons. The van der Waals surface area contributed by atoms with E-state index in [1.165, 1.54) is 5.56 Å². The van der Waals surface area contributed by atoms with Crippen LogP contribution in [0, 0.1) is 0 Å². The number of hydrogen-bond donors (Lipinski definition) is 1. The molecular formula is C18H21Cl2NOZr. The summed E-state index contributed by atoms with van der Waals surface area (Å²) in [6.07, 6.45) is 1.74. The van der Waals surface area contributed by atoms with Gasteiger partial charge in [0, 0.05) is 29.3 Å². The molecule has 0 saturated heterocycles. The van der Waals surface area contributed by atoms with E-state index in [0.29, 0.717) is 12.3 Å². The number of phenols is 1. The number of rotatable bonds is 4. The van der Waals surface area contributed by atoms with Crippen LogP contribution in [-0.4, -0.2) is 17.9 Å². The molecule has 0 fully saturated rings. The first kappa shape index (κ1) is 20.4. The summed E-state index contributed by atoms with van der Waals surface area (Å²) in [5.74, 6) is 0.318. The first-order valence-electron chi connectivity index (χ1n) is 7.33. The molecule has 122 valence electrons. The number of nitrogens with zero attached hydrogens (tertiary/aromatic N) is 1. The number of aliphatic imine (C=N–C) groups is 1. The van der Waals surface area contributed by atoms with Gasteiger partial charge in [-0.3, -0.25) is 4.99 Å². The third kappa shape index (κ3) is 5.74. The number of para-hydroxylation sites is 1. The quantitative estimate of drug-likeness (QED) is 0.637. The fourth-order valence-corrected chi connectivity index (χ4v) is 2.37. The van der Waals surface area contributed by atoms with Crippen molar-refractivity contribution < 1.29 is 26.0 Å². The van der Waals surface area contributed by atoms with E-state index in [1.807, 2.05) is 43.3 Å². The van der Waals surface area contributed by atoms with Crippen molar-refractivity contribution in [3.05, 3.63) is 65.2 Å². The van der Waals surface area contributed by atoms with Gasteiger partial charge in [0.15, 0.2) is 0 Å². The minimum atomic E-state index is -0.826. The van der Waals surface area contributed by atoms with Gasteiger partial charge in [0.2, 0.25) is 0 Å². The van der Waals surface area contributed by atoms with E-state index in [0.717, 1.165) is 11.1 Å². The summed E-state index contributed by atoms with van der Waals surface area (Å²) < 4.78 is 0. The molecule has 0 aromatic heterocycles. The van der Waals surface area contributed by atoms with E-state index in [1.54, 1.807) is 6.21 Å². The maximum absolute atomic E-state index is 10.5. The molecule has 0 bridgehead atoms. The number of phenolic OH excluding ortho intramolecular Hbond substituents is 1. The van der Waals surface area contributed by atoms with Crippen LogP contribution in [0.25, 0.3) is 0 Å². The molecule has 0 unspecified atom stereocenters. The van der Waals surface area contributed by atoms with E-state index >= 15 is 0 Å². The van der Waals surface area contributed by atoms with Crippen molar-refractivity contribution in [1.29, 1.82) is 0 Å². The van der Waals surface area contributed by atoms with Crippen LogP contribution < -0.4 is 0 Å². The van der Waals surface area contributed by atoms with Crippen LogP contribution in [0.15, 0.2) is 53.5 Å². The van der Waals surface area contributed by atoms with Crippen LogP contribution in [0.5, 0.6) is 5.75 Å². The molecule has 23 heavy (non-hydrogen) atoms. The third-order valence-corrected chi connectivity index (χ3v) is 3.65. The van der Waals surface area contributed by atoms with E-state index in [9.17, 15) is 5.11 Å². The van der Waals surface area contributed by atoms with Crippen LogP contribution in [0.1, 0.15) is 37.5 Å². The van der Waals surface area contributed by atoms with Gasteiger partial charge in [0.05, 0.1) is 0 Å². The van der Waals surface area contributed by atoms with Gasteiger partial charge in [-0.2, -0.15) is 0 Å². The predicted molar refractivity (Wildman–Crippen MR) is 96.5 cm³/mol. The van der Waals surface area contributed by atoms with E-state index < -0.39 is 20.8 Å². The zero-order valence-electron chi connectivity index (χ0n) is 13.6. The van der Waals surface area contributed by atoms with Crippen LogP contribution in [-0.2, 0) is 26.3 Å². The molecule has 0 heterocycles. The SMILES string of the molecule is CCN=Cc1cccc(C(C)(C)c2ccccc2)c1O.[Cl][Zr][Cl]. The molecule has 1 N–H and O–H groups in total. The maximum atomic E-state index is 10.5. The fourth-order valence-electron chi connectivity index (χ4n) is 2.37. The summed E-state index contributed by atoms with van der Waals surface area (Å²) in [6, 6.07) is 16.1. The van der Waals surface area contributed by atoms with Gasteiger partial charge in [-0.1, -0.05) is 56.3 Å². The van der Waals surface area contributed by atoms with Crippen molar-refractivity contribution >= 4 is 23.2 Å². The molecule has 0 saturated carbocycles. The fraction of sp³-hybridized carbons (Fsp3) is 0.278. The second-order valence-electron chi connectivity index (χ2n) is 5.43. The van der Waals surface area contributed by atoms with Gasteiger partial charge in [-0.05, 0) is 18.6 Å². The zero-order chi connectivity index (χ0) is 17.3. The second-order valence-corrected chi connectivity index (χ2v) is 9.17. The molecule has 5 heteroatoms. The standard InChI is InChI=1S/C18H21NO.2ClH.Zr/c1-4-19-13-14-9-8-12-16(17(14)20)18(2,3)15-10-6-5-7-11-15;;;/h5-13,20H,4H2,1-3H3;2*1H;/q;;;+2/p-2. The molecule has 0 atom stereocenters. The van der Waals surface area contributed by atoms with Crippen LogP contribution >= 0.6 is 17.0 Å². The third-order valence-electron chi connectivity index (χ3n) is 3.65. The molecule has 2 rings (SSSR count). The molecule has 2 nitrogen and oxygen atoms in total. The van der Waals surface area contributed by atoms with Crippen molar-refractivity contribution in [3.8, 4) is 5.75 Å². The summed E-state index contributed by atoms with van der Waals surface area (Å²) in [4.78, 5) is 4.21. The molecular weight excluding hydrogens is 408 g/mol. The Bertz CT molecular complexity index is 630. The Hall–Kier alpha value is -0.627. The summed E-state index contributed by atoms with van der Waals surface area (Å²) in [5, 5.41) is 10.5. The topological polar surface area (TPSA) is 32.6 Å². The van der Waals surface area contributed by atoms with Gasteiger partial charge in [0.25, 0.3) is 0 Å². The summed E-state index contributed by atoms with van der Waals surface area (Å²) in [5.41, 5.74) is 2.62. The Labute approximate surface area is 157 Å². The van der Waals surface area contributed by atoms with Crippen LogP contribution in [0.2, 0.25) is 0 Å². The summed E-state index contributed by atoms with van der Waals surface area (Å²) in [7, 11) is 9.87. The van der Waals surface area contributed by atoms with Crippen LogP contribution in [0.4, 0.5) is 0 Å². The zero-order valence-corrected chi connectivity index (χ0v) is 17.5. The molecule has 0 aliphatic heterocycles. The van der Waals surface area contributed by atoms with Gasteiger partial charge >= 0.3 is 37.9 Å². The van der Waals surface area contributed by atoms with Gasteiger partial charge in [0.1, 0.15) is 5.75 Å². The Morgan fingerprint density at radius 2 is 1.70 bits per heavy atom. The van der Waals surface area contributed by atoms with Gasteiger partial charge < -0.3 is 5.11 Å². The van der Waals surface area contributed by atoms with Crippen molar-refractivity contribution in [2.24, 2.45) is 4.99 Å². The van der Waals surface area contributed by atoms with Crippen molar-refractivity contribution in [2.75, 3.05) is 6.54 Å². The van der Waals surface area contributed by atoms with Gasteiger partial charge in [-0.15, -0.1) is 0 Å². The van der Waals surface area contributed by atoms with E-state index in [4.69, 9.17) is 17.0 Å². The Morgan fingerprint density at radius 3 is 2.26 bits per heavy atom. The number of halogens is 2. The molecule has 2 aromatic carbocycles. The Balaban J connectivity index is 0.000000816. The minimum absolute atomic E-state index is 0.249. The van der Waals surface area contributed by atoms with E-state index in [-0.39, 0.29) is 5.41 Å². The number of benzene rings is 2. The average molecular weight is 430 g/mol. The van der Waals surface area contributed by atoms with Crippen molar-refractivity contribution in [3.63, 3.8) is 0 Å². The molecule has 0 spiro atoms. The summed E-state index contributed by atoms with van der Waals surface area (Å²) >= 11 is -0.826.